The van der Waals surface area contributed by atoms with Crippen molar-refractivity contribution in [2.45, 2.75) is 102 Å². The predicted octanol–water partition coefficient (Wildman–Crippen LogP) is 3.09. The fourth-order valence-corrected chi connectivity index (χ4v) is 6.53. The minimum absolute atomic E-state index is 0.173. The van der Waals surface area contributed by atoms with Crippen LogP contribution < -0.4 is 5.32 Å². The standard InChI is InChI=1S/C21H33NO4/c1-14(18(23)22-17-6-4-2-3-5-7-17)26-19(24)20-9-15-8-16(10-20)12-21(25,11-15)13-20/h14-17,25H,2-13H2,1H3,(H,22,23)/t14-,15-,16+,20?,21?/m0/s1. The smallest absolute Gasteiger partial charge is 0.312 e. The molecule has 0 heterocycles. The summed E-state index contributed by atoms with van der Waals surface area (Å²) >= 11 is 0. The van der Waals surface area contributed by atoms with Gasteiger partial charge in [-0.15, -0.1) is 0 Å². The SMILES string of the molecule is C[C@H](OC(=O)C12C[C@@H]3C[C@@H](CC(O)(C3)C1)C2)C(=O)NC1CCCCCC1. The van der Waals surface area contributed by atoms with Gasteiger partial charge in [0.05, 0.1) is 11.0 Å². The Bertz CT molecular complexity index is 552. The molecule has 5 saturated carbocycles. The molecule has 0 saturated heterocycles. The first-order chi connectivity index (χ1) is 12.4. The quantitative estimate of drug-likeness (QED) is 0.594. The Morgan fingerprint density at radius 2 is 1.65 bits per heavy atom. The molecule has 0 aromatic rings. The van der Waals surface area contributed by atoms with Gasteiger partial charge >= 0.3 is 5.97 Å². The maximum absolute atomic E-state index is 13.0. The van der Waals surface area contributed by atoms with E-state index in [0.29, 0.717) is 18.3 Å². The van der Waals surface area contributed by atoms with Gasteiger partial charge < -0.3 is 15.2 Å². The number of amides is 1. The summed E-state index contributed by atoms with van der Waals surface area (Å²) in [5, 5.41) is 13.9. The van der Waals surface area contributed by atoms with Crippen LogP contribution in [0, 0.1) is 17.3 Å². The Hall–Kier alpha value is -1.10. The molecule has 5 atom stereocenters. The van der Waals surface area contributed by atoms with Gasteiger partial charge in [-0.2, -0.15) is 0 Å². The van der Waals surface area contributed by atoms with Crippen molar-refractivity contribution in [2.75, 3.05) is 0 Å². The molecule has 5 heteroatoms. The molecule has 5 nitrogen and oxygen atoms in total. The predicted molar refractivity (Wildman–Crippen MR) is 97.3 cm³/mol. The minimum Gasteiger partial charge on any atom is -0.452 e. The summed E-state index contributed by atoms with van der Waals surface area (Å²) in [7, 11) is 0. The molecule has 5 aliphatic carbocycles. The third kappa shape index (κ3) is 3.51. The highest BCUT2D eigenvalue weighted by Crippen LogP contribution is 2.62. The molecule has 5 rings (SSSR count). The van der Waals surface area contributed by atoms with Crippen LogP contribution >= 0.6 is 0 Å². The van der Waals surface area contributed by atoms with E-state index in [4.69, 9.17) is 4.74 Å². The normalized spacial score (nSPS) is 40.7. The third-order valence-corrected chi connectivity index (χ3v) is 7.32. The molecule has 5 aliphatic rings. The van der Waals surface area contributed by atoms with Crippen LogP contribution in [0.15, 0.2) is 0 Å². The number of esters is 1. The van der Waals surface area contributed by atoms with Crippen molar-refractivity contribution in [1.29, 1.82) is 0 Å². The van der Waals surface area contributed by atoms with E-state index in [0.717, 1.165) is 57.8 Å². The summed E-state index contributed by atoms with van der Waals surface area (Å²) in [6, 6.07) is 0.214. The van der Waals surface area contributed by atoms with Crippen LogP contribution in [0.2, 0.25) is 0 Å². The van der Waals surface area contributed by atoms with Crippen LogP contribution in [-0.4, -0.2) is 34.7 Å². The van der Waals surface area contributed by atoms with Gasteiger partial charge in [0.25, 0.3) is 5.91 Å². The van der Waals surface area contributed by atoms with E-state index in [1.54, 1.807) is 6.92 Å². The van der Waals surface area contributed by atoms with Crippen LogP contribution in [0.4, 0.5) is 0 Å². The first-order valence-electron chi connectivity index (χ1n) is 10.6. The van der Waals surface area contributed by atoms with E-state index < -0.39 is 17.1 Å². The van der Waals surface area contributed by atoms with Crippen LogP contribution in [0.1, 0.15) is 84.0 Å². The number of ether oxygens (including phenoxy) is 1. The zero-order valence-corrected chi connectivity index (χ0v) is 16.0. The fraction of sp³-hybridized carbons (Fsp3) is 0.905. The van der Waals surface area contributed by atoms with E-state index in [-0.39, 0.29) is 17.9 Å². The number of carbonyl (C=O) groups is 2. The lowest BCUT2D eigenvalue weighted by molar-refractivity contribution is -0.200. The van der Waals surface area contributed by atoms with Gasteiger partial charge in [-0.25, -0.2) is 0 Å². The van der Waals surface area contributed by atoms with Crippen molar-refractivity contribution < 1.29 is 19.4 Å². The van der Waals surface area contributed by atoms with Crippen LogP contribution in [-0.2, 0) is 14.3 Å². The lowest BCUT2D eigenvalue weighted by atomic mass is 9.48. The summed E-state index contributed by atoms with van der Waals surface area (Å²) in [4.78, 5) is 25.5. The Morgan fingerprint density at radius 1 is 1.04 bits per heavy atom. The molecule has 0 radical (unpaired) electrons. The largest absolute Gasteiger partial charge is 0.452 e. The van der Waals surface area contributed by atoms with Gasteiger partial charge in [0, 0.05) is 6.04 Å². The second-order valence-corrected chi connectivity index (χ2v) is 9.71. The Balaban J connectivity index is 1.36. The van der Waals surface area contributed by atoms with Crippen molar-refractivity contribution in [3.8, 4) is 0 Å². The van der Waals surface area contributed by atoms with E-state index in [2.05, 4.69) is 5.32 Å². The number of hydrogen-bond donors (Lipinski definition) is 2. The van der Waals surface area contributed by atoms with E-state index in [9.17, 15) is 14.7 Å². The summed E-state index contributed by atoms with van der Waals surface area (Å²) in [5.74, 6) is 0.440. The van der Waals surface area contributed by atoms with E-state index in [1.807, 2.05) is 0 Å². The Labute approximate surface area is 156 Å². The average Bonchev–Trinajstić information content (AvgIpc) is 2.81. The molecule has 26 heavy (non-hydrogen) atoms. The summed E-state index contributed by atoms with van der Waals surface area (Å²) in [6.07, 6.45) is 11.0. The Kier molecular flexibility index (Phi) is 4.79. The number of hydrogen-bond acceptors (Lipinski definition) is 4. The topological polar surface area (TPSA) is 75.6 Å². The second kappa shape index (κ2) is 6.81. The number of nitrogens with one attached hydrogen (secondary N) is 1. The highest BCUT2D eigenvalue weighted by Gasteiger charge is 2.61. The Morgan fingerprint density at radius 3 is 2.23 bits per heavy atom. The molecule has 0 aromatic carbocycles. The highest BCUT2D eigenvalue weighted by molar-refractivity contribution is 5.85. The van der Waals surface area contributed by atoms with Crippen molar-refractivity contribution in [3.05, 3.63) is 0 Å². The molecule has 5 fully saturated rings. The minimum atomic E-state index is -0.756. The lowest BCUT2D eigenvalue weighted by Gasteiger charge is -2.58. The number of aliphatic hydroxyl groups is 1. The molecule has 146 valence electrons. The molecule has 0 aromatic heterocycles. The maximum atomic E-state index is 13.0. The van der Waals surface area contributed by atoms with Gasteiger partial charge in [0.15, 0.2) is 6.10 Å². The molecular formula is C21H33NO4. The summed E-state index contributed by atoms with van der Waals surface area (Å²) in [6.45, 7) is 1.68. The lowest BCUT2D eigenvalue weighted by Crippen LogP contribution is -2.59. The van der Waals surface area contributed by atoms with Gasteiger partial charge in [0.1, 0.15) is 0 Å². The maximum Gasteiger partial charge on any atom is 0.312 e. The van der Waals surface area contributed by atoms with Gasteiger partial charge in [-0.1, -0.05) is 25.7 Å². The van der Waals surface area contributed by atoms with Crippen molar-refractivity contribution in [1.82, 2.24) is 5.32 Å². The van der Waals surface area contributed by atoms with Gasteiger partial charge in [-0.05, 0) is 70.1 Å². The fourth-order valence-electron chi connectivity index (χ4n) is 6.53. The van der Waals surface area contributed by atoms with Gasteiger partial charge in [-0.3, -0.25) is 9.59 Å². The monoisotopic (exact) mass is 363 g/mol. The second-order valence-electron chi connectivity index (χ2n) is 9.71. The van der Waals surface area contributed by atoms with Crippen LogP contribution in [0.5, 0.6) is 0 Å². The summed E-state index contributed by atoms with van der Waals surface area (Å²) in [5.41, 5.74) is -1.25. The number of carbonyl (C=O) groups excluding carboxylic acids is 2. The number of rotatable bonds is 4. The molecule has 4 bridgehead atoms. The van der Waals surface area contributed by atoms with Crippen molar-refractivity contribution >= 4 is 11.9 Å². The van der Waals surface area contributed by atoms with Crippen LogP contribution in [0.3, 0.4) is 0 Å². The molecular weight excluding hydrogens is 330 g/mol. The van der Waals surface area contributed by atoms with Crippen molar-refractivity contribution in [3.63, 3.8) is 0 Å². The zero-order chi connectivity index (χ0) is 18.4. The third-order valence-electron chi connectivity index (χ3n) is 7.32. The van der Waals surface area contributed by atoms with E-state index in [1.165, 1.54) is 12.8 Å². The first kappa shape index (κ1) is 18.3. The zero-order valence-electron chi connectivity index (χ0n) is 16.0. The van der Waals surface area contributed by atoms with Crippen molar-refractivity contribution in [2.24, 2.45) is 17.3 Å². The van der Waals surface area contributed by atoms with E-state index >= 15 is 0 Å². The molecule has 1 amide bonds. The first-order valence-corrected chi connectivity index (χ1v) is 10.6. The summed E-state index contributed by atoms with van der Waals surface area (Å²) < 4.78 is 5.65. The molecule has 2 N–H and O–H groups in total. The highest BCUT2D eigenvalue weighted by atomic mass is 16.5. The molecule has 2 unspecified atom stereocenters. The average molecular weight is 363 g/mol. The molecule has 0 spiro atoms. The van der Waals surface area contributed by atoms with Crippen LogP contribution in [0.25, 0.3) is 0 Å². The van der Waals surface area contributed by atoms with Gasteiger partial charge in [0.2, 0.25) is 0 Å². The molecule has 0 aliphatic heterocycles.